The zero-order valence-corrected chi connectivity index (χ0v) is 14.5. The number of hydrogen-bond donors (Lipinski definition) is 1. The second-order valence-corrected chi connectivity index (χ2v) is 14.1. The molecule has 0 aliphatic carbocycles. The number of hydrogen-bond acceptors (Lipinski definition) is 3. The van der Waals surface area contributed by atoms with Crippen LogP contribution in [0.5, 0.6) is 0 Å². The van der Waals surface area contributed by atoms with E-state index >= 15 is 0 Å². The zero-order chi connectivity index (χ0) is 13.8. The summed E-state index contributed by atoms with van der Waals surface area (Å²) < 4.78 is 0.343. The number of rotatable bonds is 5. The van der Waals surface area contributed by atoms with Crippen molar-refractivity contribution in [1.29, 1.82) is 0 Å². The lowest BCUT2D eigenvalue weighted by molar-refractivity contribution is 0.285. The van der Waals surface area contributed by atoms with Gasteiger partial charge in [0, 0.05) is 6.61 Å². The molecule has 1 aromatic rings. The topological polar surface area (TPSA) is 20.2 Å². The fourth-order valence-corrected chi connectivity index (χ4v) is 12.1. The van der Waals surface area contributed by atoms with Crippen molar-refractivity contribution in [2.24, 2.45) is 0 Å². The maximum atomic E-state index is 9.24. The van der Waals surface area contributed by atoms with Gasteiger partial charge in [0.25, 0.3) is 0 Å². The lowest BCUT2D eigenvalue weighted by Gasteiger charge is -2.47. The van der Waals surface area contributed by atoms with Crippen molar-refractivity contribution in [1.82, 2.24) is 0 Å². The van der Waals surface area contributed by atoms with E-state index in [0.717, 1.165) is 12.8 Å². The Balaban J connectivity index is 2.30. The molecule has 1 nitrogen and oxygen atoms in total. The molecule has 0 atom stereocenters. The molecule has 0 aromatic heterocycles. The van der Waals surface area contributed by atoms with Crippen molar-refractivity contribution in [2.45, 2.75) is 36.1 Å². The van der Waals surface area contributed by atoms with E-state index in [2.05, 4.69) is 66.9 Å². The minimum absolute atomic E-state index is 0.322. The Morgan fingerprint density at radius 3 is 2.37 bits per heavy atom. The molecule has 1 N–H and O–H groups in total. The molecule has 0 saturated carbocycles. The van der Waals surface area contributed by atoms with Crippen molar-refractivity contribution in [3.63, 3.8) is 0 Å². The van der Waals surface area contributed by atoms with Gasteiger partial charge >= 0.3 is 0 Å². The number of aliphatic hydroxyl groups excluding tert-OH is 1. The summed E-state index contributed by atoms with van der Waals surface area (Å²) in [5.41, 5.74) is 0. The summed E-state index contributed by atoms with van der Waals surface area (Å²) in [6.07, 6.45) is 3.41. The van der Waals surface area contributed by atoms with E-state index in [1.165, 1.54) is 17.9 Å². The standard InChI is InChI=1S/C15H24OS2Si/c1-19(2,14-8-4-3-5-9-14)15(10-6-11-16)17-12-7-13-18-15/h3-5,8-9,16H,6-7,10-13H2,1-2H3. The lowest BCUT2D eigenvalue weighted by atomic mass is 10.3. The first-order valence-corrected chi connectivity index (χ1v) is 12.0. The Labute approximate surface area is 126 Å². The summed E-state index contributed by atoms with van der Waals surface area (Å²) in [6.45, 7) is 5.33. The second kappa shape index (κ2) is 6.70. The quantitative estimate of drug-likeness (QED) is 0.841. The fourth-order valence-electron chi connectivity index (χ4n) is 2.78. The largest absolute Gasteiger partial charge is 0.396 e. The third kappa shape index (κ3) is 3.23. The van der Waals surface area contributed by atoms with Crippen LogP contribution in [0.2, 0.25) is 13.1 Å². The van der Waals surface area contributed by atoms with Gasteiger partial charge in [-0.05, 0) is 30.8 Å². The van der Waals surface area contributed by atoms with Crippen molar-refractivity contribution >= 4 is 36.8 Å². The SMILES string of the molecule is C[Si](C)(c1ccccc1)C1(CCCO)SCCCS1. The Morgan fingerprint density at radius 1 is 1.16 bits per heavy atom. The predicted octanol–water partition coefficient (Wildman–Crippen LogP) is 3.48. The summed E-state index contributed by atoms with van der Waals surface area (Å²) >= 11 is 4.33. The molecule has 106 valence electrons. The van der Waals surface area contributed by atoms with E-state index in [-0.39, 0.29) is 0 Å². The minimum Gasteiger partial charge on any atom is -0.396 e. The summed E-state index contributed by atoms with van der Waals surface area (Å²) in [7, 11) is -1.55. The van der Waals surface area contributed by atoms with Gasteiger partial charge in [-0.3, -0.25) is 0 Å². The smallest absolute Gasteiger partial charge is 0.110 e. The van der Waals surface area contributed by atoms with Crippen LogP contribution in [0.1, 0.15) is 19.3 Å². The van der Waals surface area contributed by atoms with Gasteiger partial charge in [0.15, 0.2) is 0 Å². The molecule has 1 fully saturated rings. The van der Waals surface area contributed by atoms with Crippen molar-refractivity contribution < 1.29 is 5.11 Å². The van der Waals surface area contributed by atoms with Crippen LogP contribution >= 0.6 is 23.5 Å². The van der Waals surface area contributed by atoms with Gasteiger partial charge in [0.1, 0.15) is 8.07 Å². The molecule has 1 aliphatic heterocycles. The highest BCUT2D eigenvalue weighted by atomic mass is 32.2. The van der Waals surface area contributed by atoms with E-state index in [0.29, 0.717) is 10.3 Å². The van der Waals surface area contributed by atoms with Gasteiger partial charge < -0.3 is 5.11 Å². The van der Waals surface area contributed by atoms with E-state index in [1.54, 1.807) is 5.19 Å². The van der Waals surface area contributed by atoms with Gasteiger partial charge in [-0.2, -0.15) is 0 Å². The highest BCUT2D eigenvalue weighted by Crippen LogP contribution is 2.51. The summed E-state index contributed by atoms with van der Waals surface area (Å²) in [6, 6.07) is 11.1. The van der Waals surface area contributed by atoms with Crippen molar-refractivity contribution in [2.75, 3.05) is 18.1 Å². The number of thioether (sulfide) groups is 2. The van der Waals surface area contributed by atoms with Gasteiger partial charge in [-0.25, -0.2) is 0 Å². The van der Waals surface area contributed by atoms with Gasteiger partial charge in [-0.1, -0.05) is 48.6 Å². The molecule has 0 unspecified atom stereocenters. The Kier molecular flexibility index (Phi) is 5.46. The first kappa shape index (κ1) is 15.5. The average molecular weight is 313 g/mol. The molecule has 0 amide bonds. The first-order chi connectivity index (χ1) is 9.12. The van der Waals surface area contributed by atoms with Crippen LogP contribution in [0.4, 0.5) is 0 Å². The monoisotopic (exact) mass is 312 g/mol. The predicted molar refractivity (Wildman–Crippen MR) is 92.1 cm³/mol. The third-order valence-corrected chi connectivity index (χ3v) is 15.0. The zero-order valence-electron chi connectivity index (χ0n) is 11.9. The molecule has 1 heterocycles. The van der Waals surface area contributed by atoms with Crippen LogP contribution in [0.3, 0.4) is 0 Å². The lowest BCUT2D eigenvalue weighted by Crippen LogP contribution is -2.59. The van der Waals surface area contributed by atoms with Crippen molar-refractivity contribution in [3.8, 4) is 0 Å². The molecule has 0 radical (unpaired) electrons. The Morgan fingerprint density at radius 2 is 1.79 bits per heavy atom. The second-order valence-electron chi connectivity index (χ2n) is 5.62. The fraction of sp³-hybridized carbons (Fsp3) is 0.600. The van der Waals surface area contributed by atoms with Gasteiger partial charge in [-0.15, -0.1) is 23.5 Å². The molecule has 1 saturated heterocycles. The summed E-state index contributed by atoms with van der Waals surface area (Å²) in [5.74, 6) is 2.56. The molecular formula is C15H24OS2Si. The summed E-state index contributed by atoms with van der Waals surface area (Å²) in [4.78, 5) is 0. The highest BCUT2D eigenvalue weighted by molar-refractivity contribution is 8.21. The molecule has 19 heavy (non-hydrogen) atoms. The molecule has 1 aliphatic rings. The molecule has 2 rings (SSSR count). The maximum absolute atomic E-state index is 9.24. The van der Waals surface area contributed by atoms with Crippen LogP contribution in [0, 0.1) is 0 Å². The van der Waals surface area contributed by atoms with Gasteiger partial charge in [0.05, 0.1) is 3.70 Å². The Hall–Kier alpha value is 0.0969. The maximum Gasteiger partial charge on any atom is 0.110 e. The molecule has 1 aromatic carbocycles. The Bertz CT molecular complexity index is 388. The van der Waals surface area contributed by atoms with E-state index in [4.69, 9.17) is 0 Å². The molecule has 4 heteroatoms. The van der Waals surface area contributed by atoms with Crippen molar-refractivity contribution in [3.05, 3.63) is 30.3 Å². The minimum atomic E-state index is -1.55. The average Bonchev–Trinajstić information content (AvgIpc) is 2.47. The van der Waals surface area contributed by atoms with Crippen LogP contribution < -0.4 is 5.19 Å². The van der Waals surface area contributed by atoms with Crippen LogP contribution in [0.15, 0.2) is 30.3 Å². The first-order valence-electron chi connectivity index (χ1n) is 7.07. The van der Waals surface area contributed by atoms with Crippen LogP contribution in [0.25, 0.3) is 0 Å². The van der Waals surface area contributed by atoms with E-state index in [1.807, 2.05) is 0 Å². The number of aliphatic hydroxyl groups is 1. The highest BCUT2D eigenvalue weighted by Gasteiger charge is 2.49. The molecule has 0 spiro atoms. The van der Waals surface area contributed by atoms with E-state index in [9.17, 15) is 5.11 Å². The normalized spacial score (nSPS) is 19.3. The summed E-state index contributed by atoms with van der Waals surface area (Å²) in [5, 5.41) is 10.8. The van der Waals surface area contributed by atoms with Gasteiger partial charge in [0.2, 0.25) is 0 Å². The molecule has 0 bridgehead atoms. The number of benzene rings is 1. The third-order valence-electron chi connectivity index (χ3n) is 4.07. The van der Waals surface area contributed by atoms with Crippen LogP contribution in [-0.4, -0.2) is 35.0 Å². The van der Waals surface area contributed by atoms with Crippen LogP contribution in [-0.2, 0) is 0 Å². The van der Waals surface area contributed by atoms with E-state index < -0.39 is 8.07 Å². The molecular weight excluding hydrogens is 288 g/mol.